The van der Waals surface area contributed by atoms with Crippen molar-refractivity contribution in [2.75, 3.05) is 0 Å². The third-order valence-corrected chi connectivity index (χ3v) is 6.46. The van der Waals surface area contributed by atoms with Crippen molar-refractivity contribution in [3.63, 3.8) is 0 Å². The summed E-state index contributed by atoms with van der Waals surface area (Å²) in [6.45, 7) is 1.93. The average Bonchev–Trinajstić information content (AvgIpc) is 3.36. The van der Waals surface area contributed by atoms with Gasteiger partial charge in [-0.05, 0) is 49.0 Å². The van der Waals surface area contributed by atoms with E-state index in [1.54, 1.807) is 15.9 Å². The molecule has 1 fully saturated rings. The number of hydrogen-bond donors (Lipinski definition) is 0. The Morgan fingerprint density at radius 3 is 2.45 bits per heavy atom. The average molecular weight is 411 g/mol. The zero-order valence-electron chi connectivity index (χ0n) is 17.9. The Hall–Kier alpha value is -3.47. The smallest absolute Gasteiger partial charge is 0.272 e. The first-order chi connectivity index (χ1) is 15.1. The first-order valence-corrected chi connectivity index (χ1v) is 10.8. The Morgan fingerprint density at radius 2 is 1.77 bits per heavy atom. The van der Waals surface area contributed by atoms with Crippen molar-refractivity contribution in [2.45, 2.75) is 32.2 Å². The van der Waals surface area contributed by atoms with E-state index in [9.17, 15) is 4.79 Å². The fraction of sp³-hybridized carbons (Fsp3) is 0.269. The predicted molar refractivity (Wildman–Crippen MR) is 122 cm³/mol. The van der Waals surface area contributed by atoms with Crippen LogP contribution in [-0.4, -0.2) is 26.4 Å². The van der Waals surface area contributed by atoms with Crippen LogP contribution in [0.2, 0.25) is 0 Å². The van der Waals surface area contributed by atoms with Crippen LogP contribution >= 0.6 is 0 Å². The number of carbonyl (C=O) groups excluding carboxylic acids is 1. The molecule has 2 unspecified atom stereocenters. The zero-order chi connectivity index (χ0) is 21.4. The second kappa shape index (κ2) is 7.99. The molecule has 2 aromatic carbocycles. The molecule has 0 saturated heterocycles. The highest BCUT2D eigenvalue weighted by Crippen LogP contribution is 2.45. The van der Waals surface area contributed by atoms with Gasteiger partial charge < -0.3 is 0 Å². The van der Waals surface area contributed by atoms with E-state index in [1.165, 1.54) is 11.1 Å². The number of rotatable bonds is 3. The van der Waals surface area contributed by atoms with Crippen molar-refractivity contribution in [2.24, 2.45) is 18.1 Å². The number of fused-ring (bicyclic) bond motifs is 1. The van der Waals surface area contributed by atoms with Crippen LogP contribution in [0.5, 0.6) is 0 Å². The topological polar surface area (TPSA) is 50.5 Å². The first kappa shape index (κ1) is 19.5. The summed E-state index contributed by atoms with van der Waals surface area (Å²) in [7, 11) is 1.86. The molecule has 1 aliphatic carbocycles. The van der Waals surface area contributed by atoms with Crippen molar-refractivity contribution >= 4 is 17.7 Å². The van der Waals surface area contributed by atoms with E-state index in [-0.39, 0.29) is 17.9 Å². The minimum Gasteiger partial charge on any atom is -0.272 e. The molecule has 0 radical (unpaired) electrons. The molecule has 5 heteroatoms. The normalized spacial score (nSPS) is 21.8. The Labute approximate surface area is 182 Å². The van der Waals surface area contributed by atoms with Crippen LogP contribution < -0.4 is 0 Å². The van der Waals surface area contributed by atoms with Crippen LogP contribution in [0.1, 0.15) is 52.5 Å². The molecule has 1 aromatic heterocycles. The Balaban J connectivity index is 1.59. The molecule has 156 valence electrons. The van der Waals surface area contributed by atoms with Gasteiger partial charge in [0.15, 0.2) is 0 Å². The van der Waals surface area contributed by atoms with Gasteiger partial charge in [-0.2, -0.15) is 10.2 Å². The molecule has 2 atom stereocenters. The summed E-state index contributed by atoms with van der Waals surface area (Å²) in [6, 6.07) is 20.6. The maximum Gasteiger partial charge on any atom is 0.278 e. The maximum atomic E-state index is 13.6. The summed E-state index contributed by atoms with van der Waals surface area (Å²) in [5, 5.41) is 11.0. The highest BCUT2D eigenvalue weighted by molar-refractivity contribution is 6.09. The monoisotopic (exact) mass is 410 g/mol. The van der Waals surface area contributed by atoms with Gasteiger partial charge >= 0.3 is 0 Å². The second-order valence-corrected chi connectivity index (χ2v) is 8.34. The quantitative estimate of drug-likeness (QED) is 0.598. The van der Waals surface area contributed by atoms with Crippen LogP contribution in [0.15, 0.2) is 77.5 Å². The molecule has 1 amide bonds. The molecule has 5 nitrogen and oxygen atoms in total. The lowest BCUT2D eigenvalue weighted by molar-refractivity contribution is 0.0680. The van der Waals surface area contributed by atoms with Crippen LogP contribution in [-0.2, 0) is 7.05 Å². The van der Waals surface area contributed by atoms with Crippen molar-refractivity contribution in [3.05, 3.63) is 94.8 Å². The molecular formula is C26H26N4O. The molecule has 0 N–H and O–H groups in total. The minimum absolute atomic E-state index is 0.0829. The van der Waals surface area contributed by atoms with Crippen molar-refractivity contribution in [1.82, 2.24) is 14.8 Å². The third-order valence-electron chi connectivity index (χ3n) is 6.46. The zero-order valence-corrected chi connectivity index (χ0v) is 17.9. The molecule has 0 spiro atoms. The molecule has 2 aliphatic rings. The van der Waals surface area contributed by atoms with Crippen LogP contribution in [0.3, 0.4) is 0 Å². The van der Waals surface area contributed by atoms with Gasteiger partial charge in [-0.1, -0.05) is 60.7 Å². The van der Waals surface area contributed by atoms with E-state index in [0.717, 1.165) is 36.2 Å². The van der Waals surface area contributed by atoms with Gasteiger partial charge in [0.25, 0.3) is 5.91 Å². The van der Waals surface area contributed by atoms with E-state index in [4.69, 9.17) is 5.10 Å². The number of carbonyl (C=O) groups is 1. The summed E-state index contributed by atoms with van der Waals surface area (Å²) in [5.41, 5.74) is 6.06. The summed E-state index contributed by atoms with van der Waals surface area (Å²) >= 11 is 0. The molecule has 5 rings (SSSR count). The Kier molecular flexibility index (Phi) is 5.02. The summed E-state index contributed by atoms with van der Waals surface area (Å²) in [6.07, 6.45) is 7.00. The van der Waals surface area contributed by atoms with Gasteiger partial charge in [0.05, 0.1) is 23.5 Å². The van der Waals surface area contributed by atoms with Crippen molar-refractivity contribution in [3.8, 4) is 0 Å². The maximum absolute atomic E-state index is 13.6. The number of allylic oxidation sites excluding steroid dienone is 1. The second-order valence-electron chi connectivity index (χ2n) is 8.34. The lowest BCUT2D eigenvalue weighted by atomic mass is 9.77. The number of amides is 1. The SMILES string of the molecule is Cc1c(C(=O)N2N=C3C(=Cc4ccccc4)CCCC3C2c2ccccc2)cnn1C. The molecule has 31 heavy (non-hydrogen) atoms. The van der Waals surface area contributed by atoms with Crippen molar-refractivity contribution < 1.29 is 4.79 Å². The van der Waals surface area contributed by atoms with Gasteiger partial charge in [-0.25, -0.2) is 5.01 Å². The van der Waals surface area contributed by atoms with Crippen LogP contribution in [0.25, 0.3) is 6.08 Å². The molecule has 1 aliphatic heterocycles. The van der Waals surface area contributed by atoms with E-state index in [0.29, 0.717) is 5.56 Å². The largest absolute Gasteiger partial charge is 0.278 e. The fourth-order valence-corrected chi connectivity index (χ4v) is 4.73. The Bertz CT molecular complexity index is 1160. The number of hydrazone groups is 1. The van der Waals surface area contributed by atoms with Gasteiger partial charge in [0, 0.05) is 18.7 Å². The third kappa shape index (κ3) is 3.50. The summed E-state index contributed by atoms with van der Waals surface area (Å²) in [4.78, 5) is 13.6. The van der Waals surface area contributed by atoms with Gasteiger partial charge in [0.2, 0.25) is 0 Å². The van der Waals surface area contributed by atoms with Gasteiger partial charge in [-0.15, -0.1) is 0 Å². The molecule has 1 saturated carbocycles. The molecule has 3 aromatic rings. The first-order valence-electron chi connectivity index (χ1n) is 10.8. The lowest BCUT2D eigenvalue weighted by Crippen LogP contribution is -2.32. The highest BCUT2D eigenvalue weighted by atomic mass is 16.2. The highest BCUT2D eigenvalue weighted by Gasteiger charge is 2.44. The number of benzene rings is 2. The number of hydrogen-bond acceptors (Lipinski definition) is 3. The molecule has 0 bridgehead atoms. The van der Waals surface area contributed by atoms with Crippen LogP contribution in [0.4, 0.5) is 0 Å². The molecular weight excluding hydrogens is 384 g/mol. The van der Waals surface area contributed by atoms with Crippen LogP contribution in [0, 0.1) is 12.8 Å². The van der Waals surface area contributed by atoms with Gasteiger partial charge in [-0.3, -0.25) is 9.48 Å². The van der Waals surface area contributed by atoms with Crippen molar-refractivity contribution in [1.29, 1.82) is 0 Å². The summed E-state index contributed by atoms with van der Waals surface area (Å²) in [5.74, 6) is 0.118. The number of aryl methyl sites for hydroxylation is 1. The predicted octanol–water partition coefficient (Wildman–Crippen LogP) is 5.17. The molecule has 2 heterocycles. The minimum atomic E-state index is -0.0946. The van der Waals surface area contributed by atoms with E-state index >= 15 is 0 Å². The standard InChI is InChI=1S/C26H26N4O/c1-18-23(17-27-29(18)2)26(31)30-25(20-12-7-4-8-13-20)22-15-9-14-21(24(22)28-30)16-19-10-5-3-6-11-19/h3-8,10-13,16-17,22,25H,9,14-15H2,1-2H3. The lowest BCUT2D eigenvalue weighted by Gasteiger charge is -2.29. The van der Waals surface area contributed by atoms with E-state index in [2.05, 4.69) is 47.6 Å². The van der Waals surface area contributed by atoms with E-state index in [1.807, 2.05) is 38.2 Å². The fourth-order valence-electron chi connectivity index (χ4n) is 4.73. The van der Waals surface area contributed by atoms with Gasteiger partial charge in [0.1, 0.15) is 0 Å². The Morgan fingerprint density at radius 1 is 1.06 bits per heavy atom. The van der Waals surface area contributed by atoms with E-state index < -0.39 is 0 Å². The summed E-state index contributed by atoms with van der Waals surface area (Å²) < 4.78 is 1.74. The number of nitrogens with zero attached hydrogens (tertiary/aromatic N) is 4. The number of aromatic nitrogens is 2.